The lowest BCUT2D eigenvalue weighted by Gasteiger charge is -2.32. The van der Waals surface area contributed by atoms with Crippen LogP contribution in [0.2, 0.25) is 0 Å². The third kappa shape index (κ3) is 4.64. The standard InChI is InChI=1S/C27H31BrN4O5/c1-3-15-7-5-8-16(4-2)22(15)32-23(33)19-20(24(32)34)27(25(35)36,13-6-14-30-26(29)37)31-21(19)17-9-11-18(28)12-10-17/h5,7-12,19-21,31H,3-4,6,13-14H2,1-2H3,(H,35,36)(H3,29,30,37). The third-order valence-corrected chi connectivity index (χ3v) is 8.03. The summed E-state index contributed by atoms with van der Waals surface area (Å²) < 4.78 is 0.840. The lowest BCUT2D eigenvalue weighted by atomic mass is 9.77. The van der Waals surface area contributed by atoms with Crippen molar-refractivity contribution in [3.63, 3.8) is 0 Å². The Balaban J connectivity index is 1.84. The van der Waals surface area contributed by atoms with Gasteiger partial charge in [-0.1, -0.05) is 60.1 Å². The smallest absolute Gasteiger partial charge is 0.324 e. The number of hydrogen-bond donors (Lipinski definition) is 4. The van der Waals surface area contributed by atoms with Gasteiger partial charge in [-0.15, -0.1) is 0 Å². The van der Waals surface area contributed by atoms with Gasteiger partial charge in [0.05, 0.1) is 17.5 Å². The highest BCUT2D eigenvalue weighted by atomic mass is 79.9. The highest BCUT2D eigenvalue weighted by Gasteiger charge is 2.68. The summed E-state index contributed by atoms with van der Waals surface area (Å²) in [6.45, 7) is 4.07. The summed E-state index contributed by atoms with van der Waals surface area (Å²) >= 11 is 3.41. The van der Waals surface area contributed by atoms with Crippen molar-refractivity contribution in [1.29, 1.82) is 0 Å². The number of imide groups is 1. The van der Waals surface area contributed by atoms with Crippen LogP contribution in [0.1, 0.15) is 49.4 Å². The molecule has 5 N–H and O–H groups in total. The highest BCUT2D eigenvalue weighted by Crippen LogP contribution is 2.52. The van der Waals surface area contributed by atoms with E-state index in [2.05, 4.69) is 26.6 Å². The number of nitrogens with two attached hydrogens (primary N) is 1. The fourth-order valence-electron chi connectivity index (χ4n) is 5.79. The minimum absolute atomic E-state index is 0.0275. The minimum Gasteiger partial charge on any atom is -0.480 e. The predicted molar refractivity (Wildman–Crippen MR) is 142 cm³/mol. The van der Waals surface area contributed by atoms with Crippen LogP contribution in [0.15, 0.2) is 46.9 Å². The van der Waals surface area contributed by atoms with Gasteiger partial charge in [-0.2, -0.15) is 0 Å². The average Bonchev–Trinajstić information content (AvgIpc) is 3.35. The molecule has 2 heterocycles. The number of para-hydroxylation sites is 1. The molecular formula is C27H31BrN4O5. The molecule has 4 unspecified atom stereocenters. The molecule has 0 spiro atoms. The largest absolute Gasteiger partial charge is 0.480 e. The van der Waals surface area contributed by atoms with E-state index in [-0.39, 0.29) is 19.4 Å². The van der Waals surface area contributed by atoms with Gasteiger partial charge in [0.2, 0.25) is 11.8 Å². The number of nitrogens with one attached hydrogen (secondary N) is 2. The van der Waals surface area contributed by atoms with Crippen LogP contribution in [0.4, 0.5) is 10.5 Å². The summed E-state index contributed by atoms with van der Waals surface area (Å²) in [5.74, 6) is -4.13. The molecular weight excluding hydrogens is 540 g/mol. The van der Waals surface area contributed by atoms with E-state index < -0.39 is 47.2 Å². The molecule has 2 saturated heterocycles. The maximum atomic E-state index is 14.1. The number of fused-ring (bicyclic) bond motifs is 1. The van der Waals surface area contributed by atoms with E-state index in [1.165, 1.54) is 4.90 Å². The number of benzene rings is 2. The van der Waals surface area contributed by atoms with Crippen LogP contribution < -0.4 is 21.3 Å². The molecule has 4 rings (SSSR count). The van der Waals surface area contributed by atoms with Gasteiger partial charge in [0.25, 0.3) is 0 Å². The van der Waals surface area contributed by atoms with Crippen LogP contribution in [-0.2, 0) is 27.2 Å². The number of hydrogen-bond acceptors (Lipinski definition) is 5. The normalized spacial score (nSPS) is 24.8. The summed E-state index contributed by atoms with van der Waals surface area (Å²) in [6, 6.07) is 11.6. The van der Waals surface area contributed by atoms with Crippen molar-refractivity contribution in [2.75, 3.05) is 11.4 Å². The third-order valence-electron chi connectivity index (χ3n) is 7.50. The van der Waals surface area contributed by atoms with E-state index in [1.54, 1.807) is 0 Å². The maximum absolute atomic E-state index is 14.1. The number of rotatable bonds is 9. The molecule has 2 aromatic carbocycles. The van der Waals surface area contributed by atoms with Crippen molar-refractivity contribution < 1.29 is 24.3 Å². The number of anilines is 1. The molecule has 9 nitrogen and oxygen atoms in total. The molecule has 2 aliphatic rings. The molecule has 0 bridgehead atoms. The molecule has 37 heavy (non-hydrogen) atoms. The zero-order chi connectivity index (χ0) is 26.9. The number of aryl methyl sites for hydroxylation is 2. The molecule has 0 radical (unpaired) electrons. The lowest BCUT2D eigenvalue weighted by Crippen LogP contribution is -2.56. The average molecular weight is 571 g/mol. The molecule has 2 aliphatic heterocycles. The van der Waals surface area contributed by atoms with Gasteiger partial charge in [0.1, 0.15) is 5.54 Å². The summed E-state index contributed by atoms with van der Waals surface area (Å²) in [5, 5.41) is 16.2. The van der Waals surface area contributed by atoms with E-state index in [4.69, 9.17) is 5.73 Å². The van der Waals surface area contributed by atoms with Crippen LogP contribution in [0, 0.1) is 11.8 Å². The molecule has 0 aromatic heterocycles. The number of urea groups is 1. The van der Waals surface area contributed by atoms with E-state index in [9.17, 15) is 24.3 Å². The predicted octanol–water partition coefficient (Wildman–Crippen LogP) is 3.30. The first-order valence-corrected chi connectivity index (χ1v) is 13.2. The number of carbonyl (C=O) groups excluding carboxylic acids is 3. The van der Waals surface area contributed by atoms with Crippen molar-refractivity contribution in [2.45, 2.75) is 51.1 Å². The molecule has 2 aromatic rings. The van der Waals surface area contributed by atoms with Crippen LogP contribution in [0.25, 0.3) is 0 Å². The summed E-state index contributed by atoms with van der Waals surface area (Å²) in [5.41, 5.74) is 6.48. The minimum atomic E-state index is -1.70. The van der Waals surface area contributed by atoms with Crippen molar-refractivity contribution in [1.82, 2.24) is 10.6 Å². The Hall–Kier alpha value is -3.24. The number of amides is 4. The van der Waals surface area contributed by atoms with Gasteiger partial charge in [0, 0.05) is 17.1 Å². The van der Waals surface area contributed by atoms with Crippen LogP contribution >= 0.6 is 15.9 Å². The Morgan fingerprint density at radius 3 is 2.24 bits per heavy atom. The molecule has 0 aliphatic carbocycles. The Morgan fingerprint density at radius 1 is 1.08 bits per heavy atom. The Bertz CT molecular complexity index is 1210. The van der Waals surface area contributed by atoms with Gasteiger partial charge < -0.3 is 16.2 Å². The second-order valence-electron chi connectivity index (χ2n) is 9.49. The van der Waals surface area contributed by atoms with Crippen LogP contribution in [-0.4, -0.2) is 41.0 Å². The van der Waals surface area contributed by atoms with Gasteiger partial charge in [-0.3, -0.25) is 19.7 Å². The number of nitrogens with zero attached hydrogens (tertiary/aromatic N) is 1. The monoisotopic (exact) mass is 570 g/mol. The van der Waals surface area contributed by atoms with Gasteiger partial charge in [0.15, 0.2) is 0 Å². The molecule has 4 atom stereocenters. The quantitative estimate of drug-likeness (QED) is 0.269. The number of carboxylic acid groups (broad SMARTS) is 1. The topological polar surface area (TPSA) is 142 Å². The first kappa shape index (κ1) is 26.8. The summed E-state index contributed by atoms with van der Waals surface area (Å²) in [7, 11) is 0. The van der Waals surface area contributed by atoms with E-state index >= 15 is 0 Å². The summed E-state index contributed by atoms with van der Waals surface area (Å²) in [6.07, 6.45) is 1.52. The number of carbonyl (C=O) groups is 4. The van der Waals surface area contributed by atoms with Gasteiger partial charge in [-0.25, -0.2) is 9.69 Å². The molecule has 4 amide bonds. The lowest BCUT2D eigenvalue weighted by molar-refractivity contribution is -0.149. The van der Waals surface area contributed by atoms with Gasteiger partial charge in [-0.05, 0) is 54.5 Å². The summed E-state index contributed by atoms with van der Waals surface area (Å²) in [4.78, 5) is 53.5. The van der Waals surface area contributed by atoms with Crippen LogP contribution in [0.3, 0.4) is 0 Å². The van der Waals surface area contributed by atoms with Crippen LogP contribution in [0.5, 0.6) is 0 Å². The Labute approximate surface area is 223 Å². The number of primary amides is 1. The number of carboxylic acids is 1. The number of halogens is 1. The van der Waals surface area contributed by atoms with Crippen molar-refractivity contribution in [3.8, 4) is 0 Å². The highest BCUT2D eigenvalue weighted by molar-refractivity contribution is 9.10. The van der Waals surface area contributed by atoms with E-state index in [0.717, 1.165) is 21.2 Å². The van der Waals surface area contributed by atoms with E-state index in [0.29, 0.717) is 18.5 Å². The SMILES string of the molecule is CCc1cccc(CC)c1N1C(=O)C2C(c3ccc(Br)cc3)NC(CCCNC(N)=O)(C(=O)O)C2C1=O. The van der Waals surface area contributed by atoms with Crippen molar-refractivity contribution >= 4 is 45.4 Å². The fraction of sp³-hybridized carbons (Fsp3) is 0.407. The zero-order valence-corrected chi connectivity index (χ0v) is 22.4. The molecule has 196 valence electrons. The zero-order valence-electron chi connectivity index (χ0n) is 20.8. The Kier molecular flexibility index (Phi) is 7.70. The Morgan fingerprint density at radius 2 is 1.70 bits per heavy atom. The van der Waals surface area contributed by atoms with E-state index in [1.807, 2.05) is 56.3 Å². The molecule has 10 heteroatoms. The van der Waals surface area contributed by atoms with Crippen molar-refractivity contribution in [3.05, 3.63) is 63.6 Å². The van der Waals surface area contributed by atoms with Gasteiger partial charge >= 0.3 is 12.0 Å². The second-order valence-corrected chi connectivity index (χ2v) is 10.4. The second kappa shape index (κ2) is 10.6. The fourth-order valence-corrected chi connectivity index (χ4v) is 6.06. The van der Waals surface area contributed by atoms with Crippen molar-refractivity contribution in [2.24, 2.45) is 17.6 Å². The molecule has 0 saturated carbocycles. The first-order chi connectivity index (χ1) is 17.7. The first-order valence-electron chi connectivity index (χ1n) is 12.4. The molecule has 2 fully saturated rings. The maximum Gasteiger partial charge on any atom is 0.324 e. The number of aliphatic carboxylic acids is 1.